The average Bonchev–Trinajstić information content (AvgIpc) is 2.55. The summed E-state index contributed by atoms with van der Waals surface area (Å²) < 4.78 is 6.23. The Labute approximate surface area is 132 Å². The van der Waals surface area contributed by atoms with Crippen LogP contribution in [0.25, 0.3) is 0 Å². The Hall–Kier alpha value is -1.80. The molecule has 0 spiro atoms. The summed E-state index contributed by atoms with van der Waals surface area (Å²) in [7, 11) is 0. The molecule has 0 amide bonds. The van der Waals surface area contributed by atoms with Crippen molar-refractivity contribution in [3.05, 3.63) is 64.7 Å². The zero-order valence-corrected chi connectivity index (χ0v) is 13.3. The van der Waals surface area contributed by atoms with E-state index in [-0.39, 0.29) is 6.10 Å². The molecule has 1 unspecified atom stereocenters. The molecule has 0 aliphatic carbocycles. The SMILES string of the molecule is Cc1cc(C)c2c(c1)[C@H]1OCCC[C@H]1C(c1ccccc1)N2. The van der Waals surface area contributed by atoms with E-state index in [9.17, 15) is 0 Å². The molecule has 2 heterocycles. The second kappa shape index (κ2) is 5.44. The Morgan fingerprint density at radius 1 is 1.09 bits per heavy atom. The number of hydrogen-bond donors (Lipinski definition) is 1. The molecule has 2 nitrogen and oxygen atoms in total. The monoisotopic (exact) mass is 293 g/mol. The van der Waals surface area contributed by atoms with E-state index in [0.29, 0.717) is 12.0 Å². The van der Waals surface area contributed by atoms with Crippen molar-refractivity contribution in [2.24, 2.45) is 5.92 Å². The molecule has 3 atom stereocenters. The van der Waals surface area contributed by atoms with E-state index in [2.05, 4.69) is 61.6 Å². The summed E-state index contributed by atoms with van der Waals surface area (Å²) in [5, 5.41) is 3.83. The van der Waals surface area contributed by atoms with Gasteiger partial charge in [0.2, 0.25) is 0 Å². The molecule has 0 bridgehead atoms. The van der Waals surface area contributed by atoms with Crippen LogP contribution in [0.5, 0.6) is 0 Å². The smallest absolute Gasteiger partial charge is 0.0896 e. The van der Waals surface area contributed by atoms with Crippen LogP contribution in [-0.4, -0.2) is 6.61 Å². The van der Waals surface area contributed by atoms with Crippen molar-refractivity contribution >= 4 is 5.69 Å². The Morgan fingerprint density at radius 2 is 1.91 bits per heavy atom. The van der Waals surface area contributed by atoms with Gasteiger partial charge in [-0.25, -0.2) is 0 Å². The first-order chi connectivity index (χ1) is 10.7. The normalized spacial score (nSPS) is 26.7. The van der Waals surface area contributed by atoms with Crippen LogP contribution in [-0.2, 0) is 4.74 Å². The maximum absolute atomic E-state index is 6.23. The van der Waals surface area contributed by atoms with Gasteiger partial charge in [-0.1, -0.05) is 48.0 Å². The fourth-order valence-corrected chi connectivity index (χ4v) is 4.14. The molecule has 1 N–H and O–H groups in total. The first-order valence-electron chi connectivity index (χ1n) is 8.28. The third-order valence-corrected chi connectivity index (χ3v) is 5.07. The van der Waals surface area contributed by atoms with E-state index in [1.165, 1.54) is 34.4 Å². The van der Waals surface area contributed by atoms with Gasteiger partial charge in [0.1, 0.15) is 0 Å². The van der Waals surface area contributed by atoms with Gasteiger partial charge in [0.25, 0.3) is 0 Å². The highest BCUT2D eigenvalue weighted by Gasteiger charge is 2.40. The maximum atomic E-state index is 6.23. The van der Waals surface area contributed by atoms with Crippen LogP contribution in [0, 0.1) is 19.8 Å². The van der Waals surface area contributed by atoms with E-state index in [1.54, 1.807) is 0 Å². The van der Waals surface area contributed by atoms with E-state index in [4.69, 9.17) is 4.74 Å². The summed E-state index contributed by atoms with van der Waals surface area (Å²) in [6.07, 6.45) is 2.62. The summed E-state index contributed by atoms with van der Waals surface area (Å²) in [4.78, 5) is 0. The maximum Gasteiger partial charge on any atom is 0.0896 e. The minimum atomic E-state index is 0.230. The summed E-state index contributed by atoms with van der Waals surface area (Å²) in [5.74, 6) is 0.518. The third-order valence-electron chi connectivity index (χ3n) is 5.07. The van der Waals surface area contributed by atoms with Crippen molar-refractivity contribution in [3.8, 4) is 0 Å². The minimum absolute atomic E-state index is 0.230. The Kier molecular flexibility index (Phi) is 3.42. The molecule has 1 saturated heterocycles. The molecular formula is C20H23NO. The lowest BCUT2D eigenvalue weighted by atomic mass is 9.76. The van der Waals surface area contributed by atoms with Crippen LogP contribution in [0.4, 0.5) is 5.69 Å². The molecule has 4 rings (SSSR count). The number of fused-ring (bicyclic) bond motifs is 3. The van der Waals surface area contributed by atoms with Gasteiger partial charge < -0.3 is 10.1 Å². The molecule has 114 valence electrons. The molecule has 0 aromatic heterocycles. The van der Waals surface area contributed by atoms with Crippen molar-refractivity contribution in [1.29, 1.82) is 0 Å². The van der Waals surface area contributed by atoms with Gasteiger partial charge >= 0.3 is 0 Å². The predicted molar refractivity (Wildman–Crippen MR) is 90.1 cm³/mol. The molecular weight excluding hydrogens is 270 g/mol. The highest BCUT2D eigenvalue weighted by molar-refractivity contribution is 5.63. The Bertz CT molecular complexity index is 680. The van der Waals surface area contributed by atoms with Crippen molar-refractivity contribution < 1.29 is 4.74 Å². The average molecular weight is 293 g/mol. The summed E-state index contributed by atoms with van der Waals surface area (Å²) >= 11 is 0. The Balaban J connectivity index is 1.83. The lowest BCUT2D eigenvalue weighted by molar-refractivity contribution is -0.0382. The molecule has 0 radical (unpaired) electrons. The van der Waals surface area contributed by atoms with Crippen molar-refractivity contribution in [2.75, 3.05) is 11.9 Å². The topological polar surface area (TPSA) is 21.3 Å². The molecule has 2 aromatic carbocycles. The fraction of sp³-hybridized carbons (Fsp3) is 0.400. The number of hydrogen-bond acceptors (Lipinski definition) is 2. The second-order valence-corrected chi connectivity index (χ2v) is 6.68. The van der Waals surface area contributed by atoms with Crippen molar-refractivity contribution in [2.45, 2.75) is 38.8 Å². The van der Waals surface area contributed by atoms with Gasteiger partial charge in [-0.3, -0.25) is 0 Å². The Morgan fingerprint density at radius 3 is 2.73 bits per heavy atom. The van der Waals surface area contributed by atoms with Crippen molar-refractivity contribution in [1.82, 2.24) is 0 Å². The largest absolute Gasteiger partial charge is 0.377 e. The number of ether oxygens (including phenoxy) is 1. The first-order valence-corrected chi connectivity index (χ1v) is 8.28. The molecule has 2 heteroatoms. The second-order valence-electron chi connectivity index (χ2n) is 6.68. The fourth-order valence-electron chi connectivity index (χ4n) is 4.14. The van der Waals surface area contributed by atoms with E-state index in [1.807, 2.05) is 0 Å². The summed E-state index contributed by atoms with van der Waals surface area (Å²) in [5.41, 5.74) is 6.65. The molecule has 2 aliphatic heterocycles. The number of rotatable bonds is 1. The summed E-state index contributed by atoms with van der Waals surface area (Å²) in [6.45, 7) is 5.26. The molecule has 2 aliphatic rings. The lowest BCUT2D eigenvalue weighted by Crippen LogP contribution is -2.36. The quantitative estimate of drug-likeness (QED) is 0.804. The van der Waals surface area contributed by atoms with Gasteiger partial charge in [0.15, 0.2) is 0 Å². The standard InChI is InChI=1S/C20H23NO/c1-13-11-14(2)18-17(12-13)20-16(9-6-10-22-20)19(21-18)15-7-4-3-5-8-15/h3-5,7-8,11-12,16,19-21H,6,9-10H2,1-2H3/t16-,19?,20-/m0/s1. The number of benzene rings is 2. The molecule has 22 heavy (non-hydrogen) atoms. The number of anilines is 1. The molecule has 0 saturated carbocycles. The predicted octanol–water partition coefficient (Wildman–Crippen LogP) is 4.94. The van der Waals surface area contributed by atoms with Crippen LogP contribution in [0.15, 0.2) is 42.5 Å². The van der Waals surface area contributed by atoms with Gasteiger partial charge in [-0.15, -0.1) is 0 Å². The number of aryl methyl sites for hydroxylation is 2. The van der Waals surface area contributed by atoms with E-state index < -0.39 is 0 Å². The van der Waals surface area contributed by atoms with Gasteiger partial charge in [0, 0.05) is 23.8 Å². The van der Waals surface area contributed by atoms with E-state index >= 15 is 0 Å². The van der Waals surface area contributed by atoms with Gasteiger partial charge in [-0.05, 0) is 37.8 Å². The van der Waals surface area contributed by atoms with Crippen LogP contribution >= 0.6 is 0 Å². The highest BCUT2D eigenvalue weighted by atomic mass is 16.5. The minimum Gasteiger partial charge on any atom is -0.377 e. The lowest BCUT2D eigenvalue weighted by Gasteiger charge is -2.44. The third kappa shape index (κ3) is 2.22. The summed E-state index contributed by atoms with van der Waals surface area (Å²) in [6, 6.07) is 15.7. The molecule has 1 fully saturated rings. The van der Waals surface area contributed by atoms with Crippen LogP contribution in [0.2, 0.25) is 0 Å². The van der Waals surface area contributed by atoms with E-state index in [0.717, 1.165) is 13.0 Å². The number of nitrogens with one attached hydrogen (secondary N) is 1. The van der Waals surface area contributed by atoms with Crippen LogP contribution < -0.4 is 5.32 Å². The van der Waals surface area contributed by atoms with Crippen LogP contribution in [0.3, 0.4) is 0 Å². The highest BCUT2D eigenvalue weighted by Crippen LogP contribution is 2.50. The zero-order chi connectivity index (χ0) is 15.1. The zero-order valence-electron chi connectivity index (χ0n) is 13.3. The molecule has 2 aromatic rings. The van der Waals surface area contributed by atoms with Crippen molar-refractivity contribution in [3.63, 3.8) is 0 Å². The van der Waals surface area contributed by atoms with Gasteiger partial charge in [-0.2, -0.15) is 0 Å². The van der Waals surface area contributed by atoms with Gasteiger partial charge in [0.05, 0.1) is 12.1 Å². The first kappa shape index (κ1) is 13.8. The van der Waals surface area contributed by atoms with Crippen LogP contribution in [0.1, 0.15) is 47.2 Å².